The number of esters is 2. The van der Waals surface area contributed by atoms with Gasteiger partial charge in [0, 0.05) is 20.3 Å². The first kappa shape index (κ1) is 24.9. The average molecular weight is 485 g/mol. The van der Waals surface area contributed by atoms with Gasteiger partial charge < -0.3 is 38.3 Å². The molecule has 12 nitrogen and oxygen atoms in total. The van der Waals surface area contributed by atoms with Gasteiger partial charge in [0.25, 0.3) is 0 Å². The van der Waals surface area contributed by atoms with Gasteiger partial charge in [0.2, 0.25) is 0 Å². The van der Waals surface area contributed by atoms with Gasteiger partial charge in [-0.05, 0) is 18.7 Å². The number of carbonyl (C=O) groups excluding carboxylic acids is 3. The second-order valence-electron chi connectivity index (χ2n) is 7.61. The molecule has 33 heavy (non-hydrogen) atoms. The number of nitrogens with two attached hydrogens (primary N) is 1. The van der Waals surface area contributed by atoms with Crippen LogP contribution in [0.2, 0.25) is 12.6 Å². The van der Waals surface area contributed by atoms with Crippen molar-refractivity contribution in [1.29, 1.82) is 0 Å². The second-order valence-corrected chi connectivity index (χ2v) is 11.2. The predicted octanol–water partition coefficient (Wildman–Crippen LogP) is 1.29. The maximum Gasteiger partial charge on any atom is 0.411 e. The summed E-state index contributed by atoms with van der Waals surface area (Å²) >= 11 is 0. The highest BCUT2D eigenvalue weighted by molar-refractivity contribution is 6.66. The van der Waals surface area contributed by atoms with Crippen LogP contribution in [0, 0.1) is 0 Å². The van der Waals surface area contributed by atoms with Gasteiger partial charge in [-0.25, -0.2) is 14.4 Å². The van der Waals surface area contributed by atoms with Crippen molar-refractivity contribution in [3.05, 3.63) is 23.3 Å². The minimum absolute atomic E-state index is 0.0179. The Bertz CT molecular complexity index is 884. The number of nitrogens with one attached hydrogen (secondary N) is 1. The highest BCUT2D eigenvalue weighted by Gasteiger charge is 2.31. The van der Waals surface area contributed by atoms with E-state index in [2.05, 4.69) is 5.32 Å². The standard InChI is InChI=1S/C20H28N2O10Si/c1-26-33(3,27-2)7-6-28-20(25)22-15-5-4-14(18(23)31-10-12-8-29-12)16(17(15)21)19(24)32-11-13-9-30-13/h4-5,12-13H,6-11,21H2,1-3H3,(H,22,25). The zero-order valence-corrected chi connectivity index (χ0v) is 19.7. The highest BCUT2D eigenvalue weighted by Crippen LogP contribution is 2.29. The number of hydrogen-bond acceptors (Lipinski definition) is 11. The fourth-order valence-electron chi connectivity index (χ4n) is 2.70. The van der Waals surface area contributed by atoms with Crippen molar-refractivity contribution in [3.63, 3.8) is 0 Å². The van der Waals surface area contributed by atoms with Crippen molar-refractivity contribution in [2.24, 2.45) is 0 Å². The first-order chi connectivity index (χ1) is 15.8. The predicted molar refractivity (Wildman–Crippen MR) is 116 cm³/mol. The zero-order chi connectivity index (χ0) is 24.0. The molecule has 13 heteroatoms. The Balaban J connectivity index is 1.70. The lowest BCUT2D eigenvalue weighted by atomic mass is 10.0. The van der Waals surface area contributed by atoms with Crippen LogP contribution in [0.4, 0.5) is 16.2 Å². The summed E-state index contributed by atoms with van der Waals surface area (Å²) in [6.07, 6.45) is -1.12. The van der Waals surface area contributed by atoms with Gasteiger partial charge in [0.15, 0.2) is 0 Å². The fourth-order valence-corrected chi connectivity index (χ4v) is 3.74. The quantitative estimate of drug-likeness (QED) is 0.145. The summed E-state index contributed by atoms with van der Waals surface area (Å²) < 4.78 is 36.3. The SMILES string of the molecule is CO[Si](C)(CCOC(=O)Nc1ccc(C(=O)OCC2CO2)c(C(=O)OCC2CO2)c1N)OC. The summed E-state index contributed by atoms with van der Waals surface area (Å²) in [5.74, 6) is -1.60. The lowest BCUT2D eigenvalue weighted by Crippen LogP contribution is -2.37. The number of anilines is 2. The normalized spacial score (nSPS) is 18.9. The smallest absolute Gasteiger partial charge is 0.411 e. The third kappa shape index (κ3) is 7.13. The van der Waals surface area contributed by atoms with Gasteiger partial charge in [-0.2, -0.15) is 0 Å². The van der Waals surface area contributed by atoms with E-state index < -0.39 is 26.6 Å². The van der Waals surface area contributed by atoms with Gasteiger partial charge in [-0.15, -0.1) is 0 Å². The zero-order valence-electron chi connectivity index (χ0n) is 18.7. The maximum absolute atomic E-state index is 12.7. The van der Waals surface area contributed by atoms with Crippen molar-refractivity contribution in [2.45, 2.75) is 24.8 Å². The van der Waals surface area contributed by atoms with Crippen LogP contribution in [0.5, 0.6) is 0 Å². The van der Waals surface area contributed by atoms with Crippen LogP contribution in [0.3, 0.4) is 0 Å². The van der Waals surface area contributed by atoms with E-state index in [0.717, 1.165) is 0 Å². The highest BCUT2D eigenvalue weighted by atomic mass is 28.4. The van der Waals surface area contributed by atoms with Gasteiger partial charge >= 0.3 is 26.6 Å². The monoisotopic (exact) mass is 484 g/mol. The van der Waals surface area contributed by atoms with Crippen LogP contribution in [-0.4, -0.2) is 86.1 Å². The second kappa shape index (κ2) is 10.9. The molecule has 1 aromatic carbocycles. The molecule has 0 saturated carbocycles. The van der Waals surface area contributed by atoms with Crippen molar-refractivity contribution in [3.8, 4) is 0 Å². The van der Waals surface area contributed by atoms with Crippen molar-refractivity contribution < 1.29 is 46.9 Å². The summed E-state index contributed by atoms with van der Waals surface area (Å²) in [7, 11) is 0.679. The minimum Gasteiger partial charge on any atom is -0.459 e. The summed E-state index contributed by atoms with van der Waals surface area (Å²) in [5, 5.41) is 2.47. The molecule has 2 fully saturated rings. The lowest BCUT2D eigenvalue weighted by molar-refractivity contribution is 0.0431. The molecule has 182 valence electrons. The maximum atomic E-state index is 12.7. The largest absolute Gasteiger partial charge is 0.459 e. The van der Waals surface area contributed by atoms with Crippen LogP contribution in [0.15, 0.2) is 12.1 Å². The molecule has 0 radical (unpaired) electrons. The Morgan fingerprint density at radius 3 is 2.15 bits per heavy atom. The molecular formula is C20H28N2O10Si. The molecule has 2 aliphatic rings. The van der Waals surface area contributed by atoms with Crippen LogP contribution in [0.1, 0.15) is 20.7 Å². The number of hydrogen-bond donors (Lipinski definition) is 2. The third-order valence-electron chi connectivity index (χ3n) is 5.16. The number of nitrogen functional groups attached to an aromatic ring is 1. The molecule has 2 unspecified atom stereocenters. The lowest BCUT2D eigenvalue weighted by Gasteiger charge is -2.22. The minimum atomic E-state index is -2.40. The van der Waals surface area contributed by atoms with E-state index in [4.69, 9.17) is 38.3 Å². The Kier molecular flexibility index (Phi) is 8.26. The molecule has 1 amide bonds. The summed E-state index contributed by atoms with van der Waals surface area (Å²) in [6, 6.07) is 3.12. The summed E-state index contributed by atoms with van der Waals surface area (Å²) in [4.78, 5) is 37.5. The van der Waals surface area contributed by atoms with E-state index in [1.165, 1.54) is 26.4 Å². The first-order valence-corrected chi connectivity index (χ1v) is 12.8. The van der Waals surface area contributed by atoms with Crippen molar-refractivity contribution >= 4 is 38.0 Å². The van der Waals surface area contributed by atoms with Gasteiger partial charge in [0.05, 0.1) is 42.3 Å². The Morgan fingerprint density at radius 2 is 1.61 bits per heavy atom. The molecule has 0 aromatic heterocycles. The van der Waals surface area contributed by atoms with Crippen molar-refractivity contribution in [1.82, 2.24) is 0 Å². The molecule has 3 rings (SSSR count). The molecule has 2 aliphatic heterocycles. The number of benzene rings is 1. The molecular weight excluding hydrogens is 456 g/mol. The fraction of sp³-hybridized carbons (Fsp3) is 0.550. The number of epoxide rings is 2. The molecule has 1 aromatic rings. The van der Waals surface area contributed by atoms with E-state index in [9.17, 15) is 14.4 Å². The van der Waals surface area contributed by atoms with E-state index >= 15 is 0 Å². The topological polar surface area (TPSA) is 160 Å². The molecule has 2 heterocycles. The van der Waals surface area contributed by atoms with E-state index in [1.54, 1.807) is 0 Å². The van der Waals surface area contributed by atoms with Gasteiger partial charge in [0.1, 0.15) is 25.4 Å². The molecule has 0 aliphatic carbocycles. The molecule has 3 N–H and O–H groups in total. The molecule has 0 bridgehead atoms. The van der Waals surface area contributed by atoms with Crippen LogP contribution in [-0.2, 0) is 32.5 Å². The van der Waals surface area contributed by atoms with Gasteiger partial charge in [-0.3, -0.25) is 5.32 Å². The third-order valence-corrected chi connectivity index (χ3v) is 8.00. The van der Waals surface area contributed by atoms with E-state index in [1.807, 2.05) is 6.55 Å². The number of rotatable bonds is 12. The summed E-state index contributed by atoms with van der Waals surface area (Å²) in [6.45, 7) is 2.96. The first-order valence-electron chi connectivity index (χ1n) is 10.3. The van der Waals surface area contributed by atoms with Crippen LogP contribution in [0.25, 0.3) is 0 Å². The molecule has 0 spiro atoms. The number of carbonyl (C=O) groups is 3. The summed E-state index contributed by atoms with van der Waals surface area (Å²) in [5.41, 5.74) is 5.76. The molecule has 2 saturated heterocycles. The Morgan fingerprint density at radius 1 is 1.03 bits per heavy atom. The van der Waals surface area contributed by atoms with Gasteiger partial charge in [-0.1, -0.05) is 0 Å². The Hall–Kier alpha value is -2.71. The number of ether oxygens (including phenoxy) is 5. The average Bonchev–Trinajstić information content (AvgIpc) is 3.71. The van der Waals surface area contributed by atoms with E-state index in [-0.39, 0.29) is 54.5 Å². The van der Waals surface area contributed by atoms with E-state index in [0.29, 0.717) is 19.3 Å². The van der Waals surface area contributed by atoms with Crippen LogP contribution < -0.4 is 11.1 Å². The van der Waals surface area contributed by atoms with Crippen molar-refractivity contribution in [2.75, 3.05) is 58.3 Å². The van der Waals surface area contributed by atoms with Crippen LogP contribution >= 0.6 is 0 Å². The molecule has 2 atom stereocenters. The Labute approximate surface area is 191 Å². The number of amides is 1.